The van der Waals surface area contributed by atoms with E-state index in [1.807, 2.05) is 0 Å². The molecule has 3 saturated carbocycles. The molecule has 1 amide bonds. The zero-order valence-corrected chi connectivity index (χ0v) is 21.8. The van der Waals surface area contributed by atoms with Gasteiger partial charge in [0.2, 0.25) is 5.91 Å². The molecule has 1 aliphatic heterocycles. The number of likely N-dealkylation sites (tertiary alicyclic amines) is 1. The summed E-state index contributed by atoms with van der Waals surface area (Å²) in [6.45, 7) is 15.1. The molecule has 0 radical (unpaired) electrons. The van der Waals surface area contributed by atoms with Crippen LogP contribution in [0.4, 0.5) is 0 Å². The Labute approximate surface area is 193 Å². The first kappa shape index (κ1) is 23.6. The monoisotopic (exact) mass is 429 g/mol. The molecule has 2 nitrogen and oxygen atoms in total. The number of carbonyl (C=O) groups excluding carboxylic acids is 1. The third-order valence-corrected chi connectivity index (χ3v) is 11.4. The average molecular weight is 430 g/mol. The van der Waals surface area contributed by atoms with Crippen molar-refractivity contribution in [3.63, 3.8) is 0 Å². The molecular weight excluding hydrogens is 378 g/mol. The summed E-state index contributed by atoms with van der Waals surface area (Å²) in [5.41, 5.74) is 0.911. The number of fused-ring (bicyclic) bond motifs is 5. The van der Waals surface area contributed by atoms with Gasteiger partial charge in [-0.1, -0.05) is 67.2 Å². The van der Waals surface area contributed by atoms with E-state index in [4.69, 9.17) is 0 Å². The molecule has 4 aliphatic rings. The van der Waals surface area contributed by atoms with Gasteiger partial charge in [0.05, 0.1) is 0 Å². The minimum absolute atomic E-state index is 0.357. The van der Waals surface area contributed by atoms with E-state index in [0.29, 0.717) is 22.8 Å². The Kier molecular flexibility index (Phi) is 6.61. The standard InChI is InChI=1S/C29H51NO/c1-8-21-18-24-22-12-13-25-28(5,17-15-26(31)30(25)7)23(22)14-16-29(24,6)27(21)20(4)11-9-10-19(2)3/h19-25,27H,8-18H2,1-7H3/t20-,21?,22-,23+,24+,25?,27+,28-,29+/m1/s1. The highest BCUT2D eigenvalue weighted by molar-refractivity contribution is 5.77. The van der Waals surface area contributed by atoms with Gasteiger partial charge in [-0.2, -0.15) is 0 Å². The van der Waals surface area contributed by atoms with E-state index in [9.17, 15) is 4.79 Å². The van der Waals surface area contributed by atoms with Crippen LogP contribution in [-0.2, 0) is 4.79 Å². The molecule has 0 aromatic carbocycles. The summed E-state index contributed by atoms with van der Waals surface area (Å²) in [6.07, 6.45) is 14.5. The van der Waals surface area contributed by atoms with Gasteiger partial charge in [-0.3, -0.25) is 4.79 Å². The van der Waals surface area contributed by atoms with Crippen molar-refractivity contribution in [1.82, 2.24) is 4.90 Å². The van der Waals surface area contributed by atoms with E-state index in [1.54, 1.807) is 0 Å². The maximum absolute atomic E-state index is 12.4. The Balaban J connectivity index is 1.55. The summed E-state index contributed by atoms with van der Waals surface area (Å²) in [5.74, 6) is 6.64. The Bertz CT molecular complexity index is 657. The van der Waals surface area contributed by atoms with E-state index < -0.39 is 0 Å². The van der Waals surface area contributed by atoms with Gasteiger partial charge in [-0.25, -0.2) is 0 Å². The second-order valence-electron chi connectivity index (χ2n) is 13.3. The molecule has 3 aliphatic carbocycles. The lowest BCUT2D eigenvalue weighted by molar-refractivity contribution is -0.159. The van der Waals surface area contributed by atoms with Gasteiger partial charge in [0.1, 0.15) is 0 Å². The van der Waals surface area contributed by atoms with Crippen molar-refractivity contribution >= 4 is 5.91 Å². The maximum Gasteiger partial charge on any atom is 0.222 e. The van der Waals surface area contributed by atoms with Crippen LogP contribution in [0.5, 0.6) is 0 Å². The van der Waals surface area contributed by atoms with Crippen LogP contribution < -0.4 is 0 Å². The Morgan fingerprint density at radius 2 is 1.74 bits per heavy atom. The molecule has 4 rings (SSSR count). The zero-order chi connectivity index (χ0) is 22.6. The molecule has 1 saturated heterocycles. The average Bonchev–Trinajstić information content (AvgIpc) is 3.03. The van der Waals surface area contributed by atoms with Crippen molar-refractivity contribution in [2.24, 2.45) is 52.3 Å². The fourth-order valence-corrected chi connectivity index (χ4v) is 9.93. The molecule has 0 aromatic heterocycles. The lowest BCUT2D eigenvalue weighted by Crippen LogP contribution is -2.61. The van der Waals surface area contributed by atoms with Crippen molar-refractivity contribution in [3.8, 4) is 0 Å². The van der Waals surface area contributed by atoms with Crippen LogP contribution in [0.2, 0.25) is 0 Å². The number of hydrogen-bond donors (Lipinski definition) is 0. The van der Waals surface area contributed by atoms with Crippen LogP contribution in [0, 0.1) is 52.3 Å². The van der Waals surface area contributed by atoms with Crippen molar-refractivity contribution < 1.29 is 4.79 Å². The lowest BCUT2D eigenvalue weighted by atomic mass is 9.46. The molecule has 178 valence electrons. The fraction of sp³-hybridized carbons (Fsp3) is 0.966. The number of amides is 1. The second kappa shape index (κ2) is 8.68. The van der Waals surface area contributed by atoms with Crippen molar-refractivity contribution in [3.05, 3.63) is 0 Å². The van der Waals surface area contributed by atoms with Crippen molar-refractivity contribution in [2.75, 3.05) is 7.05 Å². The quantitative estimate of drug-likeness (QED) is 0.426. The van der Waals surface area contributed by atoms with E-state index in [2.05, 4.69) is 53.5 Å². The molecule has 0 spiro atoms. The fourth-order valence-electron chi connectivity index (χ4n) is 9.93. The van der Waals surface area contributed by atoms with E-state index in [1.165, 1.54) is 57.8 Å². The van der Waals surface area contributed by atoms with E-state index in [-0.39, 0.29) is 0 Å². The molecule has 0 N–H and O–H groups in total. The second-order valence-corrected chi connectivity index (χ2v) is 13.3. The Hall–Kier alpha value is -0.530. The summed E-state index contributed by atoms with van der Waals surface area (Å²) in [5, 5.41) is 0. The molecule has 0 aromatic rings. The topological polar surface area (TPSA) is 20.3 Å². The van der Waals surface area contributed by atoms with Gasteiger partial charge >= 0.3 is 0 Å². The van der Waals surface area contributed by atoms with Crippen LogP contribution in [0.15, 0.2) is 0 Å². The molecule has 31 heavy (non-hydrogen) atoms. The summed E-state index contributed by atoms with van der Waals surface area (Å²) < 4.78 is 0. The highest BCUT2D eigenvalue weighted by Crippen LogP contribution is 2.68. The smallest absolute Gasteiger partial charge is 0.222 e. The first-order valence-electron chi connectivity index (χ1n) is 13.9. The summed E-state index contributed by atoms with van der Waals surface area (Å²) >= 11 is 0. The van der Waals surface area contributed by atoms with Crippen molar-refractivity contribution in [2.45, 2.75) is 118 Å². The predicted octanol–water partition coefficient (Wildman–Crippen LogP) is 7.56. The van der Waals surface area contributed by atoms with Crippen LogP contribution >= 0.6 is 0 Å². The van der Waals surface area contributed by atoms with Gasteiger partial charge in [-0.15, -0.1) is 0 Å². The number of rotatable bonds is 6. The largest absolute Gasteiger partial charge is 0.342 e. The number of nitrogens with zero attached hydrogens (tertiary/aromatic N) is 1. The molecule has 1 heterocycles. The minimum atomic E-state index is 0.357. The SMILES string of the molecule is CCC1C[C@H]2[C@@H]3CCC4N(C)C(=O)CC[C@]4(C)[C@H]3CC[C@]2(C)[C@H]1[C@H](C)CCCC(C)C. The van der Waals surface area contributed by atoms with E-state index in [0.717, 1.165) is 54.3 Å². The highest BCUT2D eigenvalue weighted by Gasteiger charge is 2.63. The highest BCUT2D eigenvalue weighted by atomic mass is 16.2. The maximum atomic E-state index is 12.4. The summed E-state index contributed by atoms with van der Waals surface area (Å²) in [4.78, 5) is 14.6. The zero-order valence-electron chi connectivity index (χ0n) is 21.8. The van der Waals surface area contributed by atoms with Gasteiger partial charge in [0.25, 0.3) is 0 Å². The molecule has 2 heteroatoms. The number of carbonyl (C=O) groups is 1. The molecule has 4 fully saturated rings. The number of piperidine rings is 1. The van der Waals surface area contributed by atoms with Crippen LogP contribution in [0.25, 0.3) is 0 Å². The molecule has 0 bridgehead atoms. The summed E-state index contributed by atoms with van der Waals surface area (Å²) in [7, 11) is 2.09. The first-order chi connectivity index (χ1) is 14.6. The van der Waals surface area contributed by atoms with Crippen LogP contribution in [-0.4, -0.2) is 23.9 Å². The normalized spacial score (nSPS) is 45.9. The van der Waals surface area contributed by atoms with Crippen molar-refractivity contribution in [1.29, 1.82) is 0 Å². The Morgan fingerprint density at radius 1 is 1.00 bits per heavy atom. The molecule has 9 atom stereocenters. The van der Waals surface area contributed by atoms with Gasteiger partial charge < -0.3 is 4.90 Å². The first-order valence-corrected chi connectivity index (χ1v) is 13.9. The minimum Gasteiger partial charge on any atom is -0.342 e. The van der Waals surface area contributed by atoms with E-state index >= 15 is 0 Å². The number of hydrogen-bond acceptors (Lipinski definition) is 1. The molecule has 2 unspecified atom stereocenters. The van der Waals surface area contributed by atoms with Crippen LogP contribution in [0.3, 0.4) is 0 Å². The van der Waals surface area contributed by atoms with Gasteiger partial charge in [0.15, 0.2) is 0 Å². The van der Waals surface area contributed by atoms with Gasteiger partial charge in [-0.05, 0) is 90.8 Å². The van der Waals surface area contributed by atoms with Crippen LogP contribution in [0.1, 0.15) is 112 Å². The predicted molar refractivity (Wildman–Crippen MR) is 131 cm³/mol. The molecular formula is C29H51NO. The third-order valence-electron chi connectivity index (χ3n) is 11.4. The Morgan fingerprint density at radius 3 is 2.42 bits per heavy atom. The summed E-state index contributed by atoms with van der Waals surface area (Å²) in [6, 6.07) is 0.494. The van der Waals surface area contributed by atoms with Gasteiger partial charge in [0, 0.05) is 19.5 Å². The lowest BCUT2D eigenvalue weighted by Gasteiger charge is -2.62. The third kappa shape index (κ3) is 3.80.